The van der Waals surface area contributed by atoms with E-state index >= 15 is 0 Å². The molecule has 1 aromatic carbocycles. The fraction of sp³-hybridized carbons (Fsp3) is 0.500. The second kappa shape index (κ2) is 10.2. The summed E-state index contributed by atoms with van der Waals surface area (Å²) in [4.78, 5) is 22.2. The Hall–Kier alpha value is -2.87. The maximum Gasteiger partial charge on any atom is 0.408 e. The largest absolute Gasteiger partial charge is 0.408 e. The van der Waals surface area contributed by atoms with E-state index in [2.05, 4.69) is 59.5 Å². The van der Waals surface area contributed by atoms with Gasteiger partial charge >= 0.3 is 6.18 Å². The van der Waals surface area contributed by atoms with E-state index in [4.69, 9.17) is 0 Å². The molecule has 0 aliphatic carbocycles. The lowest BCUT2D eigenvalue weighted by Gasteiger charge is -2.32. The van der Waals surface area contributed by atoms with Gasteiger partial charge in [-0.05, 0) is 93.9 Å². The molecule has 4 rings (SSSR count). The van der Waals surface area contributed by atoms with E-state index in [9.17, 15) is 18.0 Å². The minimum atomic E-state index is -4.43. The second-order valence-electron chi connectivity index (χ2n) is 10.4. The van der Waals surface area contributed by atoms with Crippen molar-refractivity contribution in [1.82, 2.24) is 20.2 Å². The van der Waals surface area contributed by atoms with E-state index in [0.29, 0.717) is 24.9 Å². The number of carbonyl (C=O) groups is 1. The van der Waals surface area contributed by atoms with Gasteiger partial charge in [-0.3, -0.25) is 14.7 Å². The van der Waals surface area contributed by atoms with Gasteiger partial charge in [0.15, 0.2) is 0 Å². The van der Waals surface area contributed by atoms with E-state index in [1.165, 1.54) is 16.5 Å². The number of nitrogens with one attached hydrogen (secondary N) is 2. The van der Waals surface area contributed by atoms with Gasteiger partial charge in [-0.1, -0.05) is 19.9 Å². The quantitative estimate of drug-likeness (QED) is 0.423. The zero-order valence-corrected chi connectivity index (χ0v) is 21.6. The number of rotatable bonds is 6. The number of likely N-dealkylation sites (tertiary alicyclic amines) is 1. The molecule has 36 heavy (non-hydrogen) atoms. The number of H-pyrrole nitrogens is 1. The Kier molecular flexibility index (Phi) is 7.46. The molecule has 2 aromatic heterocycles. The van der Waals surface area contributed by atoms with Crippen LogP contribution in [0.4, 0.5) is 13.2 Å². The van der Waals surface area contributed by atoms with Gasteiger partial charge in [-0.15, -0.1) is 0 Å². The molecule has 1 saturated heterocycles. The molecule has 1 aliphatic heterocycles. The van der Waals surface area contributed by atoms with Crippen LogP contribution in [0.25, 0.3) is 22.2 Å². The maximum absolute atomic E-state index is 12.7. The summed E-state index contributed by atoms with van der Waals surface area (Å²) in [6, 6.07) is 9.02. The molecule has 5 nitrogen and oxygen atoms in total. The average Bonchev–Trinajstić information content (AvgIpc) is 3.17. The van der Waals surface area contributed by atoms with Gasteiger partial charge in [0.2, 0.25) is 5.91 Å². The predicted molar refractivity (Wildman–Crippen MR) is 137 cm³/mol. The van der Waals surface area contributed by atoms with Crippen LogP contribution in [0.5, 0.6) is 0 Å². The molecule has 1 unspecified atom stereocenters. The summed E-state index contributed by atoms with van der Waals surface area (Å²) < 4.78 is 38.1. The number of pyridine rings is 1. The number of alkyl halides is 3. The van der Waals surface area contributed by atoms with Gasteiger partial charge in [0, 0.05) is 27.9 Å². The molecule has 1 amide bonds. The van der Waals surface area contributed by atoms with Crippen LogP contribution in [0.2, 0.25) is 0 Å². The SMILES string of the molecule is Cc1cc(-c2[nH]c3ccc(C4CCN(CC(=O)NC(C)C(F)(F)F)CC4)cc3c2C(C)C)cc(C)n1. The standard InChI is InChI=1S/C28H35F3N4O/c1-16(2)26-23-14-21(6-7-24(23)34-27(26)22-12-17(3)32-18(4)13-22)20-8-10-35(11-9-20)15-25(36)33-19(5)28(29,30)31/h6-7,12-14,16,19-20,34H,8-11,15H2,1-5H3,(H,33,36). The molecule has 0 radical (unpaired) electrons. The highest BCUT2D eigenvalue weighted by Gasteiger charge is 2.37. The van der Waals surface area contributed by atoms with Crippen LogP contribution in [0, 0.1) is 13.8 Å². The highest BCUT2D eigenvalue weighted by Crippen LogP contribution is 2.38. The number of piperidine rings is 1. The third kappa shape index (κ3) is 5.75. The van der Waals surface area contributed by atoms with Crippen LogP contribution in [-0.4, -0.2) is 52.6 Å². The average molecular weight is 501 g/mol. The van der Waals surface area contributed by atoms with Crippen molar-refractivity contribution in [2.24, 2.45) is 0 Å². The number of fused-ring (bicyclic) bond motifs is 1. The number of aromatic amines is 1. The van der Waals surface area contributed by atoms with Crippen molar-refractivity contribution in [2.75, 3.05) is 19.6 Å². The van der Waals surface area contributed by atoms with Gasteiger partial charge in [0.25, 0.3) is 0 Å². The summed E-state index contributed by atoms with van der Waals surface area (Å²) in [6.45, 7) is 10.8. The number of aromatic nitrogens is 2. The number of hydrogen-bond acceptors (Lipinski definition) is 3. The predicted octanol–water partition coefficient (Wildman–Crippen LogP) is 6.22. The Morgan fingerprint density at radius 3 is 2.33 bits per heavy atom. The Morgan fingerprint density at radius 1 is 1.11 bits per heavy atom. The smallest absolute Gasteiger partial charge is 0.354 e. The number of nitrogens with zero attached hydrogens (tertiary/aromatic N) is 2. The number of hydrogen-bond donors (Lipinski definition) is 2. The van der Waals surface area contributed by atoms with Crippen molar-refractivity contribution < 1.29 is 18.0 Å². The van der Waals surface area contributed by atoms with E-state index < -0.39 is 18.1 Å². The lowest BCUT2D eigenvalue weighted by molar-refractivity contribution is -0.158. The molecule has 0 spiro atoms. The fourth-order valence-electron chi connectivity index (χ4n) is 5.29. The third-order valence-corrected chi connectivity index (χ3v) is 7.10. The first kappa shape index (κ1) is 26.2. The van der Waals surface area contributed by atoms with Gasteiger partial charge in [0.1, 0.15) is 6.04 Å². The first-order chi connectivity index (χ1) is 16.9. The molecule has 1 fully saturated rings. The maximum atomic E-state index is 12.7. The zero-order valence-electron chi connectivity index (χ0n) is 21.6. The lowest BCUT2D eigenvalue weighted by Crippen LogP contribution is -2.48. The van der Waals surface area contributed by atoms with Crippen LogP contribution in [-0.2, 0) is 4.79 Å². The monoisotopic (exact) mass is 500 g/mol. The highest BCUT2D eigenvalue weighted by atomic mass is 19.4. The summed E-state index contributed by atoms with van der Waals surface area (Å²) >= 11 is 0. The van der Waals surface area contributed by atoms with Gasteiger partial charge in [-0.2, -0.15) is 13.2 Å². The molecule has 3 aromatic rings. The molecule has 1 aliphatic rings. The fourth-order valence-corrected chi connectivity index (χ4v) is 5.29. The molecular weight excluding hydrogens is 465 g/mol. The molecule has 0 saturated carbocycles. The van der Waals surface area contributed by atoms with Gasteiger partial charge < -0.3 is 10.3 Å². The van der Waals surface area contributed by atoms with E-state index in [0.717, 1.165) is 47.9 Å². The molecule has 0 bridgehead atoms. The lowest BCUT2D eigenvalue weighted by atomic mass is 9.87. The van der Waals surface area contributed by atoms with Crippen molar-refractivity contribution in [1.29, 1.82) is 0 Å². The number of halogens is 3. The molecule has 194 valence electrons. The van der Waals surface area contributed by atoms with E-state index in [1.807, 2.05) is 18.7 Å². The first-order valence-corrected chi connectivity index (χ1v) is 12.6. The molecular formula is C28H35F3N4O. The highest BCUT2D eigenvalue weighted by molar-refractivity contribution is 5.92. The Labute approximate surface area is 210 Å². The van der Waals surface area contributed by atoms with Crippen molar-refractivity contribution >= 4 is 16.8 Å². The van der Waals surface area contributed by atoms with Crippen molar-refractivity contribution in [2.45, 2.75) is 71.5 Å². The normalized spacial score (nSPS) is 16.6. The van der Waals surface area contributed by atoms with Crippen LogP contribution < -0.4 is 5.32 Å². The summed E-state index contributed by atoms with van der Waals surface area (Å²) in [7, 11) is 0. The second-order valence-corrected chi connectivity index (χ2v) is 10.4. The Morgan fingerprint density at radius 2 is 1.75 bits per heavy atom. The number of aryl methyl sites for hydroxylation is 2. The molecule has 8 heteroatoms. The van der Waals surface area contributed by atoms with Crippen LogP contribution in [0.3, 0.4) is 0 Å². The van der Waals surface area contributed by atoms with Crippen LogP contribution in [0.15, 0.2) is 30.3 Å². The number of amides is 1. The van der Waals surface area contributed by atoms with Crippen molar-refractivity contribution in [3.63, 3.8) is 0 Å². The van der Waals surface area contributed by atoms with Crippen molar-refractivity contribution in [3.8, 4) is 11.3 Å². The Balaban J connectivity index is 1.50. The molecule has 1 atom stereocenters. The summed E-state index contributed by atoms with van der Waals surface area (Å²) in [5, 5.41) is 3.29. The zero-order chi connectivity index (χ0) is 26.2. The van der Waals surface area contributed by atoms with Crippen LogP contribution in [0.1, 0.15) is 68.0 Å². The van der Waals surface area contributed by atoms with Gasteiger partial charge in [-0.25, -0.2) is 0 Å². The summed E-state index contributed by atoms with van der Waals surface area (Å²) in [5.41, 5.74) is 7.95. The number of benzene rings is 1. The minimum absolute atomic E-state index is 0.00436. The van der Waals surface area contributed by atoms with E-state index in [1.54, 1.807) is 0 Å². The van der Waals surface area contributed by atoms with E-state index in [-0.39, 0.29) is 6.54 Å². The minimum Gasteiger partial charge on any atom is -0.354 e. The van der Waals surface area contributed by atoms with Gasteiger partial charge in [0.05, 0.1) is 12.2 Å². The van der Waals surface area contributed by atoms with Crippen LogP contribution >= 0.6 is 0 Å². The Bertz CT molecular complexity index is 1220. The first-order valence-electron chi connectivity index (χ1n) is 12.6. The molecule has 2 N–H and O–H groups in total. The molecule has 3 heterocycles. The van der Waals surface area contributed by atoms with Crippen molar-refractivity contribution in [3.05, 3.63) is 52.8 Å². The number of carbonyl (C=O) groups excluding carboxylic acids is 1. The topological polar surface area (TPSA) is 61.0 Å². The third-order valence-electron chi connectivity index (χ3n) is 7.10. The summed E-state index contributed by atoms with van der Waals surface area (Å²) in [5.74, 6) is 0.103. The summed E-state index contributed by atoms with van der Waals surface area (Å²) in [6.07, 6.45) is -2.70.